The molecule has 0 saturated carbocycles. The largest absolute Gasteiger partial charge is 0.465 e. The molecular weight excluding hydrogens is 146 g/mol. The number of nitrogens with one attached hydrogen (secondary N) is 1. The Hall–Kier alpha value is -1.36. The van der Waals surface area contributed by atoms with Gasteiger partial charge < -0.3 is 10.1 Å². The highest BCUT2D eigenvalue weighted by Crippen LogP contribution is 2.02. The number of hydrogen-bond acceptors (Lipinski definition) is 5. The maximum atomic E-state index is 10.9. The molecule has 0 bridgehead atoms. The molecule has 1 heterocycles. The third-order valence-electron chi connectivity index (χ3n) is 1.26. The number of nitrogens with zero attached hydrogens (tertiary/aromatic N) is 1. The van der Waals surface area contributed by atoms with Crippen LogP contribution in [0.1, 0.15) is 0 Å². The summed E-state index contributed by atoms with van der Waals surface area (Å²) >= 11 is 0. The van der Waals surface area contributed by atoms with Gasteiger partial charge in [-0.05, 0) is 6.08 Å². The number of methoxy groups -OCH3 is 1. The Morgan fingerprint density at radius 2 is 2.55 bits per heavy atom. The molecule has 1 rings (SSSR count). The normalized spacial score (nSPS) is 27.8. The second-order valence-electron chi connectivity index (χ2n) is 2.04. The fraction of sp³-hybridized carbons (Fsp3) is 0.333. The molecule has 5 heteroatoms. The summed E-state index contributed by atoms with van der Waals surface area (Å²) in [6.07, 6.45) is 4.60. The minimum Gasteiger partial charge on any atom is -0.465 e. The van der Waals surface area contributed by atoms with Crippen molar-refractivity contribution in [3.8, 4) is 0 Å². The van der Waals surface area contributed by atoms with E-state index < -0.39 is 11.8 Å². The van der Waals surface area contributed by atoms with E-state index in [9.17, 15) is 4.79 Å². The highest BCUT2D eigenvalue weighted by molar-refractivity contribution is 5.84. The van der Waals surface area contributed by atoms with Gasteiger partial charge in [-0.1, -0.05) is 0 Å². The average molecular weight is 155 g/mol. The maximum absolute atomic E-state index is 10.9. The molecule has 0 fully saturated rings. The zero-order valence-electron chi connectivity index (χ0n) is 6.07. The number of carbonyl (C=O) groups excluding carboxylic acids is 1. The number of ether oxygens (including phenoxy) is 1. The van der Waals surface area contributed by atoms with Crippen LogP contribution in [-0.4, -0.2) is 25.1 Å². The molecule has 0 aromatic rings. The van der Waals surface area contributed by atoms with Crippen molar-refractivity contribution in [1.82, 2.24) is 5.32 Å². The lowest BCUT2D eigenvalue weighted by Gasteiger charge is -2.23. The fourth-order valence-electron chi connectivity index (χ4n) is 0.683. The second-order valence-corrected chi connectivity index (χ2v) is 2.04. The van der Waals surface area contributed by atoms with Gasteiger partial charge in [0.05, 0.1) is 7.11 Å². The van der Waals surface area contributed by atoms with Crippen molar-refractivity contribution >= 4 is 12.2 Å². The number of hydrogen-bond donors (Lipinski definition) is 2. The Morgan fingerprint density at radius 1 is 1.82 bits per heavy atom. The predicted octanol–water partition coefficient (Wildman–Crippen LogP) is -1.04. The van der Waals surface area contributed by atoms with E-state index in [4.69, 9.17) is 5.73 Å². The molecular formula is C6H9N3O2. The number of carbonyl (C=O) groups is 1. The van der Waals surface area contributed by atoms with Gasteiger partial charge in [-0.25, -0.2) is 9.79 Å². The van der Waals surface area contributed by atoms with Gasteiger partial charge in [0.25, 0.3) is 5.79 Å². The van der Waals surface area contributed by atoms with Crippen LogP contribution in [0.3, 0.4) is 0 Å². The predicted molar refractivity (Wildman–Crippen MR) is 39.7 cm³/mol. The molecule has 0 aliphatic carbocycles. The Kier molecular flexibility index (Phi) is 1.91. The molecule has 0 aromatic heterocycles. The number of rotatable bonds is 1. The first kappa shape index (κ1) is 7.74. The maximum Gasteiger partial charge on any atom is 0.370 e. The van der Waals surface area contributed by atoms with E-state index in [2.05, 4.69) is 15.0 Å². The molecule has 1 aliphatic rings. The Labute approximate surface area is 63.9 Å². The molecule has 60 valence electrons. The fourth-order valence-corrected chi connectivity index (χ4v) is 0.683. The smallest absolute Gasteiger partial charge is 0.370 e. The van der Waals surface area contributed by atoms with Gasteiger partial charge in [0, 0.05) is 12.4 Å². The van der Waals surface area contributed by atoms with Crippen LogP contribution in [0.5, 0.6) is 0 Å². The zero-order valence-corrected chi connectivity index (χ0v) is 6.07. The minimum atomic E-state index is -1.44. The first-order chi connectivity index (χ1) is 5.19. The quantitative estimate of drug-likeness (QED) is 0.474. The number of aliphatic imine (C=N–C) groups is 1. The summed E-state index contributed by atoms with van der Waals surface area (Å²) in [4.78, 5) is 14.6. The molecule has 1 aliphatic heterocycles. The van der Waals surface area contributed by atoms with Crippen molar-refractivity contribution in [3.63, 3.8) is 0 Å². The summed E-state index contributed by atoms with van der Waals surface area (Å²) < 4.78 is 4.42. The van der Waals surface area contributed by atoms with Crippen LogP contribution < -0.4 is 11.1 Å². The lowest BCUT2D eigenvalue weighted by atomic mass is 10.3. The van der Waals surface area contributed by atoms with Crippen molar-refractivity contribution in [3.05, 3.63) is 12.3 Å². The lowest BCUT2D eigenvalue weighted by molar-refractivity contribution is -0.147. The lowest BCUT2D eigenvalue weighted by Crippen LogP contribution is -2.57. The molecule has 5 nitrogen and oxygen atoms in total. The number of nitrogens with two attached hydrogens (primary N) is 1. The van der Waals surface area contributed by atoms with E-state index in [1.54, 1.807) is 6.08 Å². The van der Waals surface area contributed by atoms with E-state index in [-0.39, 0.29) is 0 Å². The van der Waals surface area contributed by atoms with Crippen molar-refractivity contribution in [2.75, 3.05) is 7.11 Å². The summed E-state index contributed by atoms with van der Waals surface area (Å²) in [7, 11) is 1.26. The number of esters is 1. The van der Waals surface area contributed by atoms with E-state index in [1.165, 1.54) is 19.5 Å². The van der Waals surface area contributed by atoms with E-state index in [0.29, 0.717) is 0 Å². The zero-order chi connectivity index (χ0) is 8.32. The Morgan fingerprint density at radius 3 is 3.00 bits per heavy atom. The van der Waals surface area contributed by atoms with E-state index in [1.807, 2.05) is 0 Å². The second kappa shape index (κ2) is 2.71. The molecule has 11 heavy (non-hydrogen) atoms. The van der Waals surface area contributed by atoms with Gasteiger partial charge in [-0.3, -0.25) is 5.73 Å². The van der Waals surface area contributed by atoms with Gasteiger partial charge in [-0.2, -0.15) is 0 Å². The van der Waals surface area contributed by atoms with Crippen LogP contribution in [0.15, 0.2) is 17.3 Å². The van der Waals surface area contributed by atoms with Crippen LogP contribution >= 0.6 is 0 Å². The average Bonchev–Trinajstić information content (AvgIpc) is 2.04. The molecule has 3 N–H and O–H groups in total. The van der Waals surface area contributed by atoms with Crippen LogP contribution in [-0.2, 0) is 9.53 Å². The summed E-state index contributed by atoms with van der Waals surface area (Å²) in [6, 6.07) is 0. The minimum absolute atomic E-state index is 0.613. The first-order valence-corrected chi connectivity index (χ1v) is 3.04. The van der Waals surface area contributed by atoms with Gasteiger partial charge in [0.2, 0.25) is 0 Å². The highest BCUT2D eigenvalue weighted by Gasteiger charge is 2.33. The standard InChI is InChI=1S/C6H9N3O2/c1-11-5(10)6(7)8-3-2-4-9-6/h2-4,8H,7H2,1H3. The first-order valence-electron chi connectivity index (χ1n) is 3.04. The molecule has 0 aromatic carbocycles. The SMILES string of the molecule is COC(=O)C1(N)N=CC=CN1. The van der Waals surface area contributed by atoms with Crippen LogP contribution in [0, 0.1) is 0 Å². The summed E-state index contributed by atoms with van der Waals surface area (Å²) in [5.41, 5.74) is 5.48. The Bertz CT molecular complexity index is 224. The monoisotopic (exact) mass is 155 g/mol. The van der Waals surface area contributed by atoms with Gasteiger partial charge >= 0.3 is 5.97 Å². The molecule has 0 radical (unpaired) electrons. The number of allylic oxidation sites excluding steroid dienone is 1. The topological polar surface area (TPSA) is 76.7 Å². The van der Waals surface area contributed by atoms with Gasteiger partial charge in [-0.15, -0.1) is 0 Å². The third-order valence-corrected chi connectivity index (χ3v) is 1.26. The van der Waals surface area contributed by atoms with Crippen LogP contribution in [0.2, 0.25) is 0 Å². The Balaban J connectivity index is 2.75. The van der Waals surface area contributed by atoms with Crippen LogP contribution in [0.4, 0.5) is 0 Å². The van der Waals surface area contributed by atoms with E-state index >= 15 is 0 Å². The van der Waals surface area contributed by atoms with Crippen molar-refractivity contribution in [1.29, 1.82) is 0 Å². The summed E-state index contributed by atoms with van der Waals surface area (Å²) in [5, 5.41) is 2.57. The van der Waals surface area contributed by atoms with Crippen molar-refractivity contribution in [2.45, 2.75) is 5.79 Å². The third kappa shape index (κ3) is 1.38. The van der Waals surface area contributed by atoms with Gasteiger partial charge in [0.1, 0.15) is 0 Å². The molecule has 0 amide bonds. The van der Waals surface area contributed by atoms with Crippen molar-refractivity contribution < 1.29 is 9.53 Å². The molecule has 1 atom stereocenters. The molecule has 0 saturated heterocycles. The van der Waals surface area contributed by atoms with Gasteiger partial charge in [0.15, 0.2) is 0 Å². The molecule has 0 spiro atoms. The summed E-state index contributed by atoms with van der Waals surface area (Å²) in [6.45, 7) is 0. The molecule has 1 unspecified atom stereocenters. The van der Waals surface area contributed by atoms with Crippen LogP contribution in [0.25, 0.3) is 0 Å². The van der Waals surface area contributed by atoms with Crippen molar-refractivity contribution in [2.24, 2.45) is 10.7 Å². The highest BCUT2D eigenvalue weighted by atomic mass is 16.5. The van der Waals surface area contributed by atoms with E-state index in [0.717, 1.165) is 0 Å². The summed E-state index contributed by atoms with van der Waals surface area (Å²) in [5.74, 6) is -2.05.